The summed E-state index contributed by atoms with van der Waals surface area (Å²) in [6.45, 7) is 0. The zero-order valence-electron chi connectivity index (χ0n) is 5.20. The van der Waals surface area contributed by atoms with E-state index in [4.69, 9.17) is 0 Å². The minimum Gasteiger partial charge on any atom is -0.252 e. The number of hydrogen-bond acceptors (Lipinski definition) is 1. The summed E-state index contributed by atoms with van der Waals surface area (Å²) in [4.78, 5) is 3.82. The predicted octanol–water partition coefficient (Wildman–Crippen LogP) is -3.09. The van der Waals surface area contributed by atoms with Gasteiger partial charge in [-0.25, -0.2) is 4.57 Å². The third-order valence-corrected chi connectivity index (χ3v) is 0.776. The molecule has 8 heavy (non-hydrogen) atoms. The van der Waals surface area contributed by atoms with Crippen molar-refractivity contribution in [2.75, 3.05) is 0 Å². The van der Waals surface area contributed by atoms with Crippen molar-refractivity contribution in [2.45, 2.75) is 0 Å². The van der Waals surface area contributed by atoms with Gasteiger partial charge in [-0.2, -0.15) is 0 Å². The zero-order chi connectivity index (χ0) is 5.11. The minimum atomic E-state index is 0. The van der Waals surface area contributed by atoms with Gasteiger partial charge in [0, 0.05) is 0 Å². The molecule has 1 aromatic heterocycles. The predicted molar refractivity (Wildman–Crippen MR) is 25.4 cm³/mol. The third kappa shape index (κ3) is 2.89. The van der Waals surface area contributed by atoms with Crippen molar-refractivity contribution in [3.8, 4) is 0 Å². The molecule has 0 fully saturated rings. The van der Waals surface area contributed by atoms with Gasteiger partial charge in [0.2, 0.25) is 0 Å². The fraction of sp³-hybridized carbons (Fsp3) is 0.200. The Bertz CT molecular complexity index is 140. The molecule has 1 heterocycles. The maximum absolute atomic E-state index is 3.82. The standard InChI is InChI=1S/C5H7N2.K/c1-7-4-2-6-3-5-7;/h2-5H,1H3;/q2*+1. The summed E-state index contributed by atoms with van der Waals surface area (Å²) in [5.41, 5.74) is 0. The van der Waals surface area contributed by atoms with Crippen LogP contribution in [0.2, 0.25) is 0 Å². The van der Waals surface area contributed by atoms with E-state index in [1.54, 1.807) is 12.4 Å². The van der Waals surface area contributed by atoms with Gasteiger partial charge in [0.25, 0.3) is 0 Å². The van der Waals surface area contributed by atoms with Crippen LogP contribution in [0.5, 0.6) is 0 Å². The van der Waals surface area contributed by atoms with Crippen molar-refractivity contribution in [3.63, 3.8) is 0 Å². The molecule has 2 nitrogen and oxygen atoms in total. The fourth-order valence-corrected chi connectivity index (χ4v) is 0.387. The van der Waals surface area contributed by atoms with Gasteiger partial charge in [-0.15, -0.1) is 0 Å². The first-order valence-corrected chi connectivity index (χ1v) is 2.15. The Morgan fingerprint density at radius 2 is 1.75 bits per heavy atom. The van der Waals surface area contributed by atoms with Crippen LogP contribution in [0.25, 0.3) is 0 Å². The van der Waals surface area contributed by atoms with E-state index in [1.165, 1.54) is 0 Å². The second-order valence-corrected chi connectivity index (χ2v) is 1.41. The van der Waals surface area contributed by atoms with E-state index in [1.807, 2.05) is 24.0 Å². The van der Waals surface area contributed by atoms with E-state index in [0.717, 1.165) is 0 Å². The second-order valence-electron chi connectivity index (χ2n) is 1.41. The Labute approximate surface area is 91.4 Å². The molecule has 1 aromatic rings. The Hall–Kier alpha value is 0.716. The quantitative estimate of drug-likeness (QED) is 0.271. The summed E-state index contributed by atoms with van der Waals surface area (Å²) in [5, 5.41) is 0. The molecule has 0 aromatic carbocycles. The molecule has 0 unspecified atom stereocenters. The first kappa shape index (κ1) is 8.72. The van der Waals surface area contributed by atoms with E-state index in [0.29, 0.717) is 0 Å². The molecule has 0 aliphatic carbocycles. The normalized spacial score (nSPS) is 7.62. The average Bonchev–Trinajstić information content (AvgIpc) is 1.69. The summed E-state index contributed by atoms with van der Waals surface area (Å²) in [7, 11) is 1.96. The van der Waals surface area contributed by atoms with Crippen LogP contribution in [0.1, 0.15) is 0 Å². The van der Waals surface area contributed by atoms with Gasteiger partial charge < -0.3 is 0 Å². The SMILES string of the molecule is C[n+]1ccncc1.[K+]. The minimum absolute atomic E-state index is 0. The smallest absolute Gasteiger partial charge is 0.252 e. The van der Waals surface area contributed by atoms with Gasteiger partial charge in [0.15, 0.2) is 12.4 Å². The van der Waals surface area contributed by atoms with E-state index >= 15 is 0 Å². The Morgan fingerprint density at radius 1 is 1.25 bits per heavy atom. The maximum Gasteiger partial charge on any atom is 1.00 e. The largest absolute Gasteiger partial charge is 1.00 e. The van der Waals surface area contributed by atoms with Crippen LogP contribution in [-0.2, 0) is 7.05 Å². The Morgan fingerprint density at radius 3 is 2.00 bits per heavy atom. The van der Waals surface area contributed by atoms with Crippen LogP contribution >= 0.6 is 0 Å². The molecule has 0 saturated carbocycles. The van der Waals surface area contributed by atoms with Crippen molar-refractivity contribution in [3.05, 3.63) is 24.8 Å². The van der Waals surface area contributed by atoms with Gasteiger partial charge in [0.1, 0.15) is 7.05 Å². The van der Waals surface area contributed by atoms with Crippen LogP contribution in [0.3, 0.4) is 0 Å². The first-order valence-electron chi connectivity index (χ1n) is 2.15. The number of aryl methyl sites for hydroxylation is 1. The zero-order valence-corrected chi connectivity index (χ0v) is 8.33. The first-order chi connectivity index (χ1) is 3.39. The van der Waals surface area contributed by atoms with Gasteiger partial charge in [-0.3, -0.25) is 4.98 Å². The topological polar surface area (TPSA) is 16.8 Å². The molecule has 3 heteroatoms. The molecule has 1 rings (SSSR count). The van der Waals surface area contributed by atoms with Crippen molar-refractivity contribution in [2.24, 2.45) is 7.05 Å². The van der Waals surface area contributed by atoms with E-state index < -0.39 is 0 Å². The molecule has 36 valence electrons. The molecule has 0 amide bonds. The van der Waals surface area contributed by atoms with Crippen LogP contribution in [0.15, 0.2) is 24.8 Å². The molecule has 0 bridgehead atoms. The summed E-state index contributed by atoms with van der Waals surface area (Å²) < 4.78 is 1.94. The molecule has 0 aliphatic heterocycles. The molecule has 0 N–H and O–H groups in total. The van der Waals surface area contributed by atoms with Crippen molar-refractivity contribution in [1.29, 1.82) is 0 Å². The van der Waals surface area contributed by atoms with Crippen LogP contribution < -0.4 is 56.0 Å². The van der Waals surface area contributed by atoms with E-state index in [2.05, 4.69) is 4.98 Å². The number of nitrogens with zero attached hydrogens (tertiary/aromatic N) is 2. The number of aromatic nitrogens is 2. The number of rotatable bonds is 0. The molecule has 0 aliphatic rings. The van der Waals surface area contributed by atoms with E-state index in [-0.39, 0.29) is 51.4 Å². The van der Waals surface area contributed by atoms with Crippen LogP contribution in [-0.4, -0.2) is 4.98 Å². The van der Waals surface area contributed by atoms with Crippen molar-refractivity contribution < 1.29 is 56.0 Å². The van der Waals surface area contributed by atoms with Crippen molar-refractivity contribution >= 4 is 0 Å². The van der Waals surface area contributed by atoms with E-state index in [9.17, 15) is 0 Å². The Kier molecular flexibility index (Phi) is 4.99. The monoisotopic (exact) mass is 134 g/mol. The number of hydrogen-bond donors (Lipinski definition) is 0. The van der Waals surface area contributed by atoms with Gasteiger partial charge in [0.05, 0.1) is 12.4 Å². The second kappa shape index (κ2) is 4.58. The Balaban J connectivity index is 0.000000490. The summed E-state index contributed by atoms with van der Waals surface area (Å²) >= 11 is 0. The molecule has 0 atom stereocenters. The van der Waals surface area contributed by atoms with Gasteiger partial charge in [-0.1, -0.05) is 0 Å². The van der Waals surface area contributed by atoms with Crippen molar-refractivity contribution in [1.82, 2.24) is 4.98 Å². The summed E-state index contributed by atoms with van der Waals surface area (Å²) in [6.07, 6.45) is 7.28. The summed E-state index contributed by atoms with van der Waals surface area (Å²) in [5.74, 6) is 0. The molecular formula is C5H7KN2+2. The third-order valence-electron chi connectivity index (χ3n) is 0.776. The average molecular weight is 134 g/mol. The molecule has 0 spiro atoms. The molecular weight excluding hydrogens is 127 g/mol. The molecule has 0 radical (unpaired) electrons. The van der Waals surface area contributed by atoms with Gasteiger partial charge in [-0.05, 0) is 0 Å². The van der Waals surface area contributed by atoms with Crippen LogP contribution in [0, 0.1) is 0 Å². The fourth-order valence-electron chi connectivity index (χ4n) is 0.387. The molecule has 0 saturated heterocycles. The maximum atomic E-state index is 3.82. The van der Waals surface area contributed by atoms with Gasteiger partial charge >= 0.3 is 51.4 Å². The van der Waals surface area contributed by atoms with Crippen LogP contribution in [0.4, 0.5) is 0 Å². The summed E-state index contributed by atoms with van der Waals surface area (Å²) in [6, 6.07) is 0.